The molecule has 4 rings (SSSR count). The Kier molecular flexibility index (Phi) is 5.88. The molecule has 0 spiro atoms. The third-order valence-electron chi connectivity index (χ3n) is 4.64. The second kappa shape index (κ2) is 8.71. The zero-order chi connectivity index (χ0) is 19.3. The molecule has 1 N–H and O–H groups in total. The topological polar surface area (TPSA) is 54.2 Å². The van der Waals surface area contributed by atoms with Crippen molar-refractivity contribution in [2.75, 3.05) is 6.54 Å². The predicted octanol–water partition coefficient (Wildman–Crippen LogP) is 4.47. The van der Waals surface area contributed by atoms with E-state index in [4.69, 9.17) is 28.2 Å². The monoisotopic (exact) mass is 412 g/mol. The maximum atomic E-state index is 5.94. The number of rotatable bonds is 7. The Balaban J connectivity index is 1.36. The Morgan fingerprint density at radius 1 is 1.11 bits per heavy atom. The lowest BCUT2D eigenvalue weighted by Gasteiger charge is -2.24. The molecule has 0 aliphatic heterocycles. The van der Waals surface area contributed by atoms with E-state index in [9.17, 15) is 0 Å². The second-order valence-corrected chi connectivity index (χ2v) is 7.66. The molecule has 3 aromatic rings. The molecule has 1 heterocycles. The average Bonchev–Trinajstić information content (AvgIpc) is 3.45. The Morgan fingerprint density at radius 3 is 2.57 bits per heavy atom. The van der Waals surface area contributed by atoms with Gasteiger partial charge in [-0.1, -0.05) is 41.9 Å². The molecule has 1 saturated carbocycles. The third-order valence-corrected chi connectivity index (χ3v) is 5.28. The Morgan fingerprint density at radius 2 is 1.86 bits per heavy atom. The van der Waals surface area contributed by atoms with Gasteiger partial charge in [0.1, 0.15) is 0 Å². The fraction of sp³-hybridized carbons (Fsp3) is 0.286. The van der Waals surface area contributed by atoms with Gasteiger partial charge < -0.3 is 14.6 Å². The first-order chi connectivity index (χ1) is 13.7. The zero-order valence-corrected chi connectivity index (χ0v) is 16.9. The summed E-state index contributed by atoms with van der Waals surface area (Å²) in [5, 5.41) is 13.1. The fourth-order valence-corrected chi connectivity index (χ4v) is 3.43. The molecule has 5 nitrogen and oxygen atoms in total. The maximum absolute atomic E-state index is 5.94. The van der Waals surface area contributed by atoms with E-state index in [0.717, 1.165) is 36.5 Å². The molecular weight excluding hydrogens is 392 g/mol. The van der Waals surface area contributed by atoms with Crippen molar-refractivity contribution in [2.24, 2.45) is 0 Å². The Hall–Kier alpha value is -2.44. The third kappa shape index (κ3) is 4.88. The largest absolute Gasteiger partial charge is 0.419 e. The van der Waals surface area contributed by atoms with E-state index in [-0.39, 0.29) is 0 Å². The number of nitrogens with zero attached hydrogens (tertiary/aromatic N) is 3. The van der Waals surface area contributed by atoms with Gasteiger partial charge >= 0.3 is 0 Å². The van der Waals surface area contributed by atoms with Gasteiger partial charge in [0.15, 0.2) is 5.11 Å². The summed E-state index contributed by atoms with van der Waals surface area (Å²) in [6.07, 6.45) is 3.21. The van der Waals surface area contributed by atoms with Gasteiger partial charge in [0.05, 0.1) is 6.54 Å². The first-order valence-electron chi connectivity index (χ1n) is 9.36. The van der Waals surface area contributed by atoms with Crippen molar-refractivity contribution in [1.29, 1.82) is 0 Å². The molecule has 0 saturated heterocycles. The highest BCUT2D eigenvalue weighted by Gasteiger charge is 2.32. The number of benzene rings is 2. The molecule has 0 bridgehead atoms. The quantitative estimate of drug-likeness (QED) is 0.578. The lowest BCUT2D eigenvalue weighted by atomic mass is 10.1. The minimum atomic E-state index is 0.447. The van der Waals surface area contributed by atoms with E-state index in [1.54, 1.807) is 0 Å². The normalized spacial score (nSPS) is 13.3. The van der Waals surface area contributed by atoms with Crippen LogP contribution in [-0.2, 0) is 13.0 Å². The van der Waals surface area contributed by atoms with Crippen LogP contribution < -0.4 is 5.32 Å². The molecule has 2 aromatic carbocycles. The molecule has 28 heavy (non-hydrogen) atoms. The van der Waals surface area contributed by atoms with Crippen molar-refractivity contribution in [3.63, 3.8) is 0 Å². The number of hydrogen-bond acceptors (Lipinski definition) is 4. The molecule has 0 radical (unpaired) electrons. The standard InChI is InChI=1S/C21H21ClN4OS/c22-17-8-6-16(7-9-17)20-25-24-19(27-20)14-26(18-10-11-18)21(28)23-13-12-15-4-2-1-3-5-15/h1-9,18H,10-14H2,(H,23,28). The minimum absolute atomic E-state index is 0.447. The SMILES string of the molecule is S=C(NCCc1ccccc1)N(Cc1nnc(-c2ccc(Cl)cc2)o1)C1CC1. The lowest BCUT2D eigenvalue weighted by molar-refractivity contribution is 0.343. The molecular formula is C21H21ClN4OS. The van der Waals surface area contributed by atoms with Gasteiger partial charge in [0.2, 0.25) is 11.8 Å². The van der Waals surface area contributed by atoms with Crippen molar-refractivity contribution in [1.82, 2.24) is 20.4 Å². The molecule has 1 fully saturated rings. The van der Waals surface area contributed by atoms with Gasteiger partial charge in [0, 0.05) is 23.2 Å². The molecule has 1 aliphatic carbocycles. The van der Waals surface area contributed by atoms with E-state index < -0.39 is 0 Å². The van der Waals surface area contributed by atoms with Crippen molar-refractivity contribution in [3.8, 4) is 11.5 Å². The highest BCUT2D eigenvalue weighted by atomic mass is 35.5. The minimum Gasteiger partial charge on any atom is -0.419 e. The summed E-state index contributed by atoms with van der Waals surface area (Å²) in [7, 11) is 0. The summed E-state index contributed by atoms with van der Waals surface area (Å²) in [6, 6.07) is 18.2. The van der Waals surface area contributed by atoms with Crippen molar-refractivity contribution < 1.29 is 4.42 Å². The second-order valence-electron chi connectivity index (χ2n) is 6.83. The number of thiocarbonyl (C=S) groups is 1. The van der Waals surface area contributed by atoms with Gasteiger partial charge in [0.25, 0.3) is 0 Å². The molecule has 0 atom stereocenters. The summed E-state index contributed by atoms with van der Waals surface area (Å²) >= 11 is 11.6. The molecule has 0 amide bonds. The van der Waals surface area contributed by atoms with Crippen LogP contribution in [0.3, 0.4) is 0 Å². The molecule has 1 aliphatic rings. The number of hydrogen-bond donors (Lipinski definition) is 1. The first kappa shape index (κ1) is 18.9. The summed E-state index contributed by atoms with van der Waals surface area (Å²) in [6.45, 7) is 1.31. The van der Waals surface area contributed by atoms with E-state index in [1.165, 1.54) is 5.56 Å². The van der Waals surface area contributed by atoms with Crippen molar-refractivity contribution in [2.45, 2.75) is 31.8 Å². The highest BCUT2D eigenvalue weighted by Crippen LogP contribution is 2.29. The van der Waals surface area contributed by atoms with Gasteiger partial charge in [-0.25, -0.2) is 0 Å². The maximum Gasteiger partial charge on any atom is 0.247 e. The van der Waals surface area contributed by atoms with Gasteiger partial charge in [-0.15, -0.1) is 10.2 Å². The van der Waals surface area contributed by atoms with Crippen LogP contribution in [0.15, 0.2) is 59.0 Å². The highest BCUT2D eigenvalue weighted by molar-refractivity contribution is 7.80. The van der Waals surface area contributed by atoms with Crippen LogP contribution in [0.2, 0.25) is 5.02 Å². The van der Waals surface area contributed by atoms with Crippen LogP contribution in [0.5, 0.6) is 0 Å². The average molecular weight is 413 g/mol. The fourth-order valence-electron chi connectivity index (χ4n) is 2.99. The molecule has 0 unspecified atom stereocenters. The van der Waals surface area contributed by atoms with Crippen molar-refractivity contribution >= 4 is 28.9 Å². The number of nitrogens with one attached hydrogen (secondary N) is 1. The summed E-state index contributed by atoms with van der Waals surface area (Å²) in [5.41, 5.74) is 2.14. The van der Waals surface area contributed by atoms with E-state index in [1.807, 2.05) is 30.3 Å². The zero-order valence-electron chi connectivity index (χ0n) is 15.3. The summed E-state index contributed by atoms with van der Waals surface area (Å²) < 4.78 is 5.85. The molecule has 144 valence electrons. The van der Waals surface area contributed by atoms with Crippen LogP contribution >= 0.6 is 23.8 Å². The van der Waals surface area contributed by atoms with Gasteiger partial charge in [-0.05, 0) is 61.3 Å². The van der Waals surface area contributed by atoms with E-state index in [0.29, 0.717) is 29.4 Å². The van der Waals surface area contributed by atoms with Crippen LogP contribution in [-0.4, -0.2) is 32.8 Å². The van der Waals surface area contributed by atoms with Crippen LogP contribution in [0.4, 0.5) is 0 Å². The van der Waals surface area contributed by atoms with Crippen molar-refractivity contribution in [3.05, 3.63) is 71.1 Å². The smallest absolute Gasteiger partial charge is 0.247 e. The predicted molar refractivity (Wildman–Crippen MR) is 114 cm³/mol. The number of aromatic nitrogens is 2. The van der Waals surface area contributed by atoms with Crippen LogP contribution in [0, 0.1) is 0 Å². The summed E-state index contributed by atoms with van der Waals surface area (Å²) in [5.74, 6) is 1.05. The van der Waals surface area contributed by atoms with Crippen LogP contribution in [0.25, 0.3) is 11.5 Å². The van der Waals surface area contributed by atoms with Gasteiger partial charge in [-0.2, -0.15) is 0 Å². The van der Waals surface area contributed by atoms with E-state index in [2.05, 4.69) is 44.7 Å². The molecule has 7 heteroatoms. The van der Waals surface area contributed by atoms with E-state index >= 15 is 0 Å². The Labute approximate surface area is 174 Å². The Bertz CT molecular complexity index is 925. The molecule has 1 aromatic heterocycles. The van der Waals surface area contributed by atoms with Crippen LogP contribution in [0.1, 0.15) is 24.3 Å². The summed E-state index contributed by atoms with van der Waals surface area (Å²) in [4.78, 5) is 2.15. The lowest BCUT2D eigenvalue weighted by Crippen LogP contribution is -2.41. The number of halogens is 1. The van der Waals surface area contributed by atoms with Gasteiger partial charge in [-0.3, -0.25) is 0 Å². The first-order valence-corrected chi connectivity index (χ1v) is 10.1.